The molecular formula is C58H83N13O11S. The second kappa shape index (κ2) is 34.6. The molecule has 6 amide bonds. The van der Waals surface area contributed by atoms with E-state index in [9.17, 15) is 24.0 Å². The molecule has 0 bridgehead atoms. The van der Waals surface area contributed by atoms with Crippen molar-refractivity contribution in [3.8, 4) is 5.75 Å². The summed E-state index contributed by atoms with van der Waals surface area (Å²) in [6.45, 7) is 13.7. The van der Waals surface area contributed by atoms with Crippen LogP contribution in [0.2, 0.25) is 0 Å². The molecule has 0 aliphatic carbocycles. The van der Waals surface area contributed by atoms with Gasteiger partial charge in [0.1, 0.15) is 18.2 Å². The topological polar surface area (TPSA) is 285 Å². The van der Waals surface area contributed by atoms with E-state index < -0.39 is 0 Å². The van der Waals surface area contributed by atoms with E-state index in [1.165, 1.54) is 6.08 Å². The van der Waals surface area contributed by atoms with Crippen molar-refractivity contribution in [1.29, 1.82) is 0 Å². The maximum absolute atomic E-state index is 13.5. The number of carbonyl (C=O) groups is 5. The number of methoxy groups -OCH3 is 1. The Balaban J connectivity index is 0.687. The molecule has 24 nitrogen and oxygen atoms in total. The van der Waals surface area contributed by atoms with Crippen LogP contribution in [-0.4, -0.2) is 181 Å². The second-order valence-corrected chi connectivity index (χ2v) is 21.8. The monoisotopic (exact) mass is 1170 g/mol. The fourth-order valence-corrected chi connectivity index (χ4v) is 11.3. The predicted octanol–water partition coefficient (Wildman–Crippen LogP) is 5.55. The van der Waals surface area contributed by atoms with Crippen LogP contribution in [0.3, 0.4) is 0 Å². The number of aromatic nitrogens is 5. The lowest BCUT2D eigenvalue weighted by molar-refractivity contribution is -0.133. The minimum atomic E-state index is -0.297. The van der Waals surface area contributed by atoms with Crippen LogP contribution in [0, 0.1) is 6.92 Å². The molecule has 7 rings (SSSR count). The zero-order chi connectivity index (χ0) is 58.6. The molecule has 0 radical (unpaired) electrons. The first kappa shape index (κ1) is 63.7. The number of urea groups is 1. The molecule has 3 aliphatic rings. The van der Waals surface area contributed by atoms with Crippen LogP contribution in [-0.2, 0) is 55.8 Å². The molecule has 4 aromatic rings. The molecule has 5 heterocycles. The molecule has 83 heavy (non-hydrogen) atoms. The maximum atomic E-state index is 13.5. The molecule has 2 saturated heterocycles. The highest BCUT2D eigenvalue weighted by molar-refractivity contribution is 8.00. The van der Waals surface area contributed by atoms with Crippen molar-refractivity contribution >= 4 is 70.3 Å². The molecule has 0 spiro atoms. The van der Waals surface area contributed by atoms with E-state index in [4.69, 9.17) is 28.4 Å². The molecule has 452 valence electrons. The highest BCUT2D eigenvalue weighted by Gasteiger charge is 2.42. The summed E-state index contributed by atoms with van der Waals surface area (Å²) in [7, 11) is 1.64. The average Bonchev–Trinajstić information content (AvgIpc) is 4.27. The second-order valence-electron chi connectivity index (χ2n) is 20.5. The van der Waals surface area contributed by atoms with Gasteiger partial charge in [0.2, 0.25) is 29.6 Å². The maximum Gasteiger partial charge on any atom is 0.315 e. The number of carbonyl (C=O) groups excluding carboxylic acids is 5. The Bertz CT molecular complexity index is 2720. The lowest BCUT2D eigenvalue weighted by Gasteiger charge is -2.32. The Morgan fingerprint density at radius 1 is 0.807 bits per heavy atom. The summed E-state index contributed by atoms with van der Waals surface area (Å²) < 4.78 is 36.6. The molecule has 2 aromatic carbocycles. The van der Waals surface area contributed by atoms with Gasteiger partial charge >= 0.3 is 6.03 Å². The number of ether oxygens (including phenoxy) is 6. The molecule has 5 atom stereocenters. The number of thioether (sulfide) groups is 1. The number of unbranched alkanes of at least 4 members (excludes halogenated alkanes) is 1. The number of benzene rings is 2. The van der Waals surface area contributed by atoms with E-state index in [2.05, 4.69) is 64.1 Å². The first-order valence-corrected chi connectivity index (χ1v) is 29.9. The molecule has 7 N–H and O–H groups in total. The lowest BCUT2D eigenvalue weighted by Crippen LogP contribution is -2.43. The Kier molecular flexibility index (Phi) is 26.6. The van der Waals surface area contributed by atoms with E-state index in [0.29, 0.717) is 146 Å². The van der Waals surface area contributed by atoms with Gasteiger partial charge in [-0.3, -0.25) is 19.2 Å². The zero-order valence-electron chi connectivity index (χ0n) is 48.1. The third kappa shape index (κ3) is 21.4. The molecule has 25 heteroatoms. The van der Waals surface area contributed by atoms with E-state index in [0.717, 1.165) is 59.8 Å². The van der Waals surface area contributed by atoms with E-state index in [1.807, 2.05) is 71.6 Å². The summed E-state index contributed by atoms with van der Waals surface area (Å²) in [6, 6.07) is 15.2. The number of fused-ring (bicyclic) bond motifs is 2. The predicted molar refractivity (Wildman–Crippen MR) is 316 cm³/mol. The number of hydrogen-bond acceptors (Lipinski definition) is 18. The number of rotatable bonds is 37. The van der Waals surface area contributed by atoms with Gasteiger partial charge in [-0.05, 0) is 75.4 Å². The number of nitrogens with one attached hydrogen (secondary N) is 7. The van der Waals surface area contributed by atoms with E-state index >= 15 is 0 Å². The van der Waals surface area contributed by atoms with Gasteiger partial charge in [0, 0.05) is 124 Å². The highest BCUT2D eigenvalue weighted by atomic mass is 32.2. The van der Waals surface area contributed by atoms with Crippen molar-refractivity contribution in [3.05, 3.63) is 84.3 Å². The molecular weight excluding hydrogens is 1090 g/mol. The normalized spacial score (nSPS) is 18.2. The number of aryl methyl sites for hydroxylation is 1. The van der Waals surface area contributed by atoms with Crippen LogP contribution < -0.4 is 42.0 Å². The van der Waals surface area contributed by atoms with Crippen LogP contribution in [0.25, 0.3) is 0 Å². The molecule has 2 fully saturated rings. The van der Waals surface area contributed by atoms with Gasteiger partial charge in [-0.15, -0.1) is 5.10 Å². The number of nitrogens with zero attached hydrogens (tertiary/aromatic N) is 6. The number of anilines is 5. The van der Waals surface area contributed by atoms with Crippen molar-refractivity contribution in [2.45, 2.75) is 114 Å². The van der Waals surface area contributed by atoms with Gasteiger partial charge in [0.15, 0.2) is 0 Å². The van der Waals surface area contributed by atoms with Gasteiger partial charge in [-0.1, -0.05) is 37.3 Å². The third-order valence-corrected chi connectivity index (χ3v) is 15.8. The van der Waals surface area contributed by atoms with E-state index in [1.54, 1.807) is 25.4 Å². The van der Waals surface area contributed by atoms with Gasteiger partial charge in [0.25, 0.3) is 0 Å². The van der Waals surface area contributed by atoms with Crippen LogP contribution in [0.5, 0.6) is 5.75 Å². The van der Waals surface area contributed by atoms with Crippen molar-refractivity contribution < 1.29 is 52.4 Å². The zero-order valence-corrected chi connectivity index (χ0v) is 48.9. The smallest absolute Gasteiger partial charge is 0.315 e. The summed E-state index contributed by atoms with van der Waals surface area (Å²) in [6.07, 6.45) is 8.84. The van der Waals surface area contributed by atoms with Gasteiger partial charge in [-0.2, -0.15) is 16.7 Å². The van der Waals surface area contributed by atoms with Gasteiger partial charge in [0.05, 0.1) is 75.8 Å². The summed E-state index contributed by atoms with van der Waals surface area (Å²) in [5.41, 5.74) is 4.73. The summed E-state index contributed by atoms with van der Waals surface area (Å²) in [5, 5.41) is 30.6. The van der Waals surface area contributed by atoms with Crippen molar-refractivity contribution in [3.63, 3.8) is 0 Å². The summed E-state index contributed by atoms with van der Waals surface area (Å²) in [5.74, 6) is 2.11. The van der Waals surface area contributed by atoms with E-state index in [-0.39, 0.29) is 66.6 Å². The van der Waals surface area contributed by atoms with Crippen LogP contribution in [0.15, 0.2) is 67.4 Å². The minimum absolute atomic E-state index is 0.0277. The Morgan fingerprint density at radius 2 is 1.49 bits per heavy atom. The van der Waals surface area contributed by atoms with Crippen molar-refractivity contribution in [2.24, 2.45) is 0 Å². The summed E-state index contributed by atoms with van der Waals surface area (Å²) >= 11 is 1.90. The average molecular weight is 1170 g/mol. The van der Waals surface area contributed by atoms with Crippen LogP contribution in [0.4, 0.5) is 33.6 Å². The SMILES string of the molecule is C=CC(=O)Nc1cccc(Nc2nc(Nc3cccc(OCCOCCn4nnc5c4CCN(C(=O)CCCC(=O)NCCCOCCOCCOCCCNC(=O)CCCC[C@@H]4SC[C@@H]6NC(=O)N[C@@H]64)C[C@H](OC)[C@H]5C)c3)ncc2C)c1. The minimum Gasteiger partial charge on any atom is -0.491 e. The molecule has 2 aromatic heterocycles. The van der Waals surface area contributed by atoms with Crippen molar-refractivity contribution in [1.82, 2.24) is 51.1 Å². The molecule has 0 saturated carbocycles. The fraction of sp³-hybridized carbons (Fsp3) is 0.569. The Labute approximate surface area is 490 Å². The van der Waals surface area contributed by atoms with Gasteiger partial charge in [-0.25, -0.2) is 14.5 Å². The standard InChI is InChI=1S/C58H83N13O11S/c1-5-50(72)62-42-13-8-14-43(35-42)63-56-40(2)37-61-57(67-56)64-44-15-9-16-45(36-44)82-34-33-80-28-25-71-47-21-24-70(38-48(77-4)41(3)54(47)68-69-71)53(75)20-10-19-52(74)60-23-12-27-79-30-32-81-31-29-78-26-11-22-59-51(73)18-7-6-17-49-55-46(39-83-49)65-58(76)66-55/h5,8-9,13-16,35-37,41,46,48-49,55H,1,6-7,10-12,17-34,38-39H2,2-4H3,(H,59,73)(H,60,74)(H,62,72)(H2,65,66,76)(H2,61,63,64,67)/t41-,46+,48+,49+,55+/m1/s1. The quantitative estimate of drug-likeness (QED) is 0.0166. The number of hydrogen-bond donors (Lipinski definition) is 7. The summed E-state index contributed by atoms with van der Waals surface area (Å²) in [4.78, 5) is 72.6. The molecule has 0 unspecified atom stereocenters. The first-order valence-electron chi connectivity index (χ1n) is 28.9. The largest absolute Gasteiger partial charge is 0.491 e. The van der Waals surface area contributed by atoms with Crippen LogP contribution in [0.1, 0.15) is 87.6 Å². The highest BCUT2D eigenvalue weighted by Crippen LogP contribution is 2.33. The Hall–Kier alpha value is -6.90. The number of amides is 6. The molecule has 3 aliphatic heterocycles. The lowest BCUT2D eigenvalue weighted by atomic mass is 9.95. The Morgan fingerprint density at radius 3 is 2.24 bits per heavy atom. The third-order valence-electron chi connectivity index (χ3n) is 14.3. The van der Waals surface area contributed by atoms with Crippen molar-refractivity contribution in [2.75, 3.05) is 114 Å². The fourth-order valence-electron chi connectivity index (χ4n) is 9.78. The van der Waals surface area contributed by atoms with Crippen LogP contribution >= 0.6 is 11.8 Å². The first-order chi connectivity index (χ1) is 40.5. The van der Waals surface area contributed by atoms with Gasteiger partial charge < -0.3 is 70.5 Å².